The number of pyridine rings is 1. The van der Waals surface area contributed by atoms with Crippen LogP contribution >= 0.6 is 0 Å². The van der Waals surface area contributed by atoms with Gasteiger partial charge in [-0.3, -0.25) is 4.98 Å². The van der Waals surface area contributed by atoms with Crippen LogP contribution in [0.25, 0.3) is 22.7 Å². The van der Waals surface area contributed by atoms with Crippen LogP contribution in [0.3, 0.4) is 0 Å². The highest BCUT2D eigenvalue weighted by atomic mass is 15.4. The summed E-state index contributed by atoms with van der Waals surface area (Å²) in [5.74, 6) is 0. The van der Waals surface area contributed by atoms with E-state index in [0.717, 1.165) is 41.3 Å². The molecule has 9 nitrogen and oxygen atoms in total. The molecule has 0 spiro atoms. The van der Waals surface area contributed by atoms with Gasteiger partial charge >= 0.3 is 0 Å². The van der Waals surface area contributed by atoms with Gasteiger partial charge in [-0.15, -0.1) is 5.10 Å². The molecule has 4 aromatic heterocycles. The van der Waals surface area contributed by atoms with Gasteiger partial charge in [0.15, 0.2) is 5.65 Å². The minimum absolute atomic E-state index is 0.223. The van der Waals surface area contributed by atoms with Crippen LogP contribution in [0.1, 0.15) is 38.4 Å². The van der Waals surface area contributed by atoms with Gasteiger partial charge in [-0.1, -0.05) is 18.6 Å². The second-order valence-corrected chi connectivity index (χ2v) is 7.06. The van der Waals surface area contributed by atoms with E-state index < -0.39 is 0 Å². The van der Waals surface area contributed by atoms with Crippen molar-refractivity contribution in [3.63, 3.8) is 0 Å². The Bertz CT molecular complexity index is 1200. The molecule has 0 bridgehead atoms. The zero-order valence-electron chi connectivity index (χ0n) is 16.5. The fraction of sp³-hybridized carbons (Fsp3) is 0.300. The monoisotopic (exact) mass is 387 g/mol. The maximum Gasteiger partial charge on any atom is 0.155 e. The van der Waals surface area contributed by atoms with Gasteiger partial charge in [0.2, 0.25) is 0 Å². The summed E-state index contributed by atoms with van der Waals surface area (Å²) in [6.45, 7) is 6.27. The average Bonchev–Trinajstić information content (AvgIpc) is 3.34. The molecule has 4 heterocycles. The van der Waals surface area contributed by atoms with Gasteiger partial charge in [-0.2, -0.15) is 10.4 Å². The Morgan fingerprint density at radius 2 is 2.03 bits per heavy atom. The van der Waals surface area contributed by atoms with E-state index >= 15 is 0 Å². The molecule has 0 fully saturated rings. The van der Waals surface area contributed by atoms with E-state index in [9.17, 15) is 0 Å². The smallest absolute Gasteiger partial charge is 0.155 e. The summed E-state index contributed by atoms with van der Waals surface area (Å²) in [4.78, 5) is 8.98. The van der Waals surface area contributed by atoms with Crippen molar-refractivity contribution in [2.45, 2.75) is 39.7 Å². The van der Waals surface area contributed by atoms with Crippen LogP contribution in [0.2, 0.25) is 0 Å². The van der Waals surface area contributed by atoms with Gasteiger partial charge < -0.3 is 5.32 Å². The molecule has 0 aromatic carbocycles. The van der Waals surface area contributed by atoms with E-state index in [1.54, 1.807) is 27.7 Å². The molecule has 9 heteroatoms. The standard InChI is InChI=1S/C20H21N9/c1-4-5-15-12-28(27-26-15)18-10-22-16(7-17(18)25-13(2)3)19-11-23-20-6-14(8-21)9-24-29(19)20/h6-7,9-13H,4-5H2,1-3H3,(H,22,25). The third kappa shape index (κ3) is 3.65. The van der Waals surface area contributed by atoms with Gasteiger partial charge in [0.05, 0.1) is 47.4 Å². The van der Waals surface area contributed by atoms with Crippen LogP contribution in [-0.2, 0) is 6.42 Å². The molecule has 4 aromatic rings. The minimum atomic E-state index is 0.223. The van der Waals surface area contributed by atoms with Crippen molar-refractivity contribution < 1.29 is 0 Å². The molecule has 0 radical (unpaired) electrons. The molecule has 0 saturated carbocycles. The maximum absolute atomic E-state index is 9.05. The number of hydrogen-bond acceptors (Lipinski definition) is 7. The SMILES string of the molecule is CCCc1cn(-c2cnc(-c3cnc4cc(C#N)cnn34)cc2NC(C)C)nn1. The number of anilines is 1. The highest BCUT2D eigenvalue weighted by molar-refractivity contribution is 5.70. The zero-order chi connectivity index (χ0) is 20.4. The largest absolute Gasteiger partial charge is 0.381 e. The Morgan fingerprint density at radius 1 is 1.17 bits per heavy atom. The third-order valence-electron chi connectivity index (χ3n) is 4.37. The van der Waals surface area contributed by atoms with E-state index in [1.807, 2.05) is 12.3 Å². The first-order valence-corrected chi connectivity index (χ1v) is 9.51. The minimum Gasteiger partial charge on any atom is -0.381 e. The first kappa shape index (κ1) is 18.6. The van der Waals surface area contributed by atoms with Crippen LogP contribution < -0.4 is 5.32 Å². The molecule has 0 aliphatic rings. The predicted octanol–water partition coefficient (Wildman–Crippen LogP) is 3.02. The molecular weight excluding hydrogens is 366 g/mol. The van der Waals surface area contributed by atoms with E-state index in [-0.39, 0.29) is 6.04 Å². The van der Waals surface area contributed by atoms with Gasteiger partial charge in [0.25, 0.3) is 0 Å². The number of hydrogen-bond donors (Lipinski definition) is 1. The molecule has 29 heavy (non-hydrogen) atoms. The number of imidazole rings is 1. The normalized spacial score (nSPS) is 11.1. The van der Waals surface area contributed by atoms with Crippen molar-refractivity contribution >= 4 is 11.3 Å². The highest BCUT2D eigenvalue weighted by Crippen LogP contribution is 2.26. The Hall–Kier alpha value is -3.80. The Labute approximate surface area is 168 Å². The van der Waals surface area contributed by atoms with Crippen LogP contribution in [0.15, 0.2) is 36.9 Å². The van der Waals surface area contributed by atoms with Crippen LogP contribution in [0.5, 0.6) is 0 Å². The fourth-order valence-electron chi connectivity index (χ4n) is 3.10. The molecule has 0 aliphatic heterocycles. The van der Waals surface area contributed by atoms with Crippen molar-refractivity contribution in [3.8, 4) is 23.1 Å². The average molecular weight is 387 g/mol. The van der Waals surface area contributed by atoms with Gasteiger partial charge in [0.1, 0.15) is 17.5 Å². The zero-order valence-corrected chi connectivity index (χ0v) is 16.5. The topological polar surface area (TPSA) is 110 Å². The van der Waals surface area contributed by atoms with E-state index in [0.29, 0.717) is 11.2 Å². The molecule has 146 valence electrons. The van der Waals surface area contributed by atoms with Crippen molar-refractivity contribution in [2.24, 2.45) is 0 Å². The number of nitriles is 1. The van der Waals surface area contributed by atoms with Gasteiger partial charge in [-0.25, -0.2) is 14.2 Å². The van der Waals surface area contributed by atoms with Crippen molar-refractivity contribution in [1.82, 2.24) is 34.6 Å². The van der Waals surface area contributed by atoms with Crippen molar-refractivity contribution in [3.05, 3.63) is 48.2 Å². The van der Waals surface area contributed by atoms with Crippen LogP contribution in [0.4, 0.5) is 5.69 Å². The van der Waals surface area contributed by atoms with E-state index in [2.05, 4.69) is 57.5 Å². The second-order valence-electron chi connectivity index (χ2n) is 7.06. The Morgan fingerprint density at radius 3 is 2.79 bits per heavy atom. The number of aryl methyl sites for hydroxylation is 1. The molecule has 4 rings (SSSR count). The molecule has 1 N–H and O–H groups in total. The molecule has 0 saturated heterocycles. The lowest BCUT2D eigenvalue weighted by Gasteiger charge is -2.15. The Kier molecular flexibility index (Phi) is 4.91. The molecule has 0 unspecified atom stereocenters. The van der Waals surface area contributed by atoms with Gasteiger partial charge in [0, 0.05) is 12.1 Å². The van der Waals surface area contributed by atoms with E-state index in [4.69, 9.17) is 5.26 Å². The summed E-state index contributed by atoms with van der Waals surface area (Å²) in [7, 11) is 0. The first-order valence-electron chi connectivity index (χ1n) is 9.51. The van der Waals surface area contributed by atoms with Crippen LogP contribution in [-0.4, -0.2) is 40.6 Å². The summed E-state index contributed by atoms with van der Waals surface area (Å²) < 4.78 is 3.43. The number of rotatable bonds is 6. The lowest BCUT2D eigenvalue weighted by atomic mass is 10.2. The predicted molar refractivity (Wildman–Crippen MR) is 109 cm³/mol. The lowest BCUT2D eigenvalue weighted by Crippen LogP contribution is -2.13. The van der Waals surface area contributed by atoms with Crippen molar-refractivity contribution in [2.75, 3.05) is 5.32 Å². The summed E-state index contributed by atoms with van der Waals surface area (Å²) >= 11 is 0. The maximum atomic E-state index is 9.05. The van der Waals surface area contributed by atoms with Crippen molar-refractivity contribution in [1.29, 1.82) is 5.26 Å². The Balaban J connectivity index is 1.79. The first-order chi connectivity index (χ1) is 14.1. The van der Waals surface area contributed by atoms with E-state index in [1.165, 1.54) is 6.20 Å². The summed E-state index contributed by atoms with van der Waals surface area (Å²) in [5, 5.41) is 25.3. The number of nitrogens with one attached hydrogen (secondary N) is 1. The molecule has 0 amide bonds. The summed E-state index contributed by atoms with van der Waals surface area (Å²) in [5.41, 5.74) is 5.19. The second kappa shape index (κ2) is 7.67. The summed E-state index contributed by atoms with van der Waals surface area (Å²) in [6, 6.07) is 5.96. The number of fused-ring (bicyclic) bond motifs is 1. The molecular formula is C20H21N9. The van der Waals surface area contributed by atoms with Gasteiger partial charge in [-0.05, 0) is 26.3 Å². The fourth-order valence-corrected chi connectivity index (χ4v) is 3.10. The number of nitrogens with zero attached hydrogens (tertiary/aromatic N) is 8. The highest BCUT2D eigenvalue weighted by Gasteiger charge is 2.15. The lowest BCUT2D eigenvalue weighted by molar-refractivity contribution is 0.785. The van der Waals surface area contributed by atoms with Crippen LogP contribution in [0, 0.1) is 11.3 Å². The summed E-state index contributed by atoms with van der Waals surface area (Å²) in [6.07, 6.45) is 8.83. The number of aromatic nitrogens is 7. The quantitative estimate of drug-likeness (QED) is 0.541. The molecule has 0 aliphatic carbocycles. The third-order valence-corrected chi connectivity index (χ3v) is 4.37. The molecule has 0 atom stereocenters.